The SMILES string of the molecule is COc1ccc(C2(CNC(=O)CSc3n[nH]c(C4(c5ccccc5)CCOCC4)n3)CCOCC2)cc1OC. The van der Waals surface area contributed by atoms with Crippen LogP contribution in [0.1, 0.15) is 42.6 Å². The van der Waals surface area contributed by atoms with Crippen LogP contribution < -0.4 is 14.8 Å². The van der Waals surface area contributed by atoms with Crippen molar-refractivity contribution in [2.45, 2.75) is 41.7 Å². The topological polar surface area (TPSA) is 108 Å². The van der Waals surface area contributed by atoms with Crippen LogP contribution in [0.3, 0.4) is 0 Å². The van der Waals surface area contributed by atoms with E-state index in [0.29, 0.717) is 49.6 Å². The fourth-order valence-electron chi connectivity index (χ4n) is 5.61. The van der Waals surface area contributed by atoms with E-state index in [2.05, 4.69) is 45.8 Å². The van der Waals surface area contributed by atoms with Crippen molar-refractivity contribution in [3.05, 3.63) is 65.5 Å². The van der Waals surface area contributed by atoms with Crippen molar-refractivity contribution in [2.75, 3.05) is 52.9 Å². The molecule has 2 saturated heterocycles. The number of aromatic amines is 1. The molecule has 1 amide bonds. The Morgan fingerprint density at radius 2 is 1.64 bits per heavy atom. The molecule has 39 heavy (non-hydrogen) atoms. The number of ether oxygens (including phenoxy) is 4. The number of thioether (sulfide) groups is 1. The van der Waals surface area contributed by atoms with Gasteiger partial charge in [0, 0.05) is 38.4 Å². The minimum atomic E-state index is -0.261. The largest absolute Gasteiger partial charge is 0.493 e. The summed E-state index contributed by atoms with van der Waals surface area (Å²) in [6.45, 7) is 3.16. The maximum absolute atomic E-state index is 13.0. The van der Waals surface area contributed by atoms with Gasteiger partial charge in [-0.2, -0.15) is 0 Å². The van der Waals surface area contributed by atoms with Crippen LogP contribution in [0.25, 0.3) is 0 Å². The second kappa shape index (κ2) is 12.4. The number of amides is 1. The van der Waals surface area contributed by atoms with E-state index in [-0.39, 0.29) is 22.5 Å². The predicted octanol–water partition coefficient (Wildman–Crippen LogP) is 3.88. The lowest BCUT2D eigenvalue weighted by atomic mass is 9.73. The average Bonchev–Trinajstić information content (AvgIpc) is 3.49. The Balaban J connectivity index is 1.24. The number of methoxy groups -OCH3 is 2. The summed E-state index contributed by atoms with van der Waals surface area (Å²) in [5.74, 6) is 2.37. The molecule has 3 aromatic rings. The molecule has 2 aliphatic heterocycles. The van der Waals surface area contributed by atoms with Gasteiger partial charge in [-0.3, -0.25) is 9.89 Å². The first-order valence-corrected chi connectivity index (χ1v) is 14.3. The number of nitrogens with zero attached hydrogens (tertiary/aromatic N) is 2. The number of carbonyl (C=O) groups is 1. The molecular formula is C29H36N4O5S. The monoisotopic (exact) mass is 552 g/mol. The van der Waals surface area contributed by atoms with Gasteiger partial charge in [-0.25, -0.2) is 4.98 Å². The highest BCUT2D eigenvalue weighted by molar-refractivity contribution is 7.99. The molecule has 208 valence electrons. The Hall–Kier alpha value is -3.08. The molecule has 2 fully saturated rings. The average molecular weight is 553 g/mol. The Morgan fingerprint density at radius 1 is 0.949 bits per heavy atom. The van der Waals surface area contributed by atoms with Crippen molar-refractivity contribution in [3.8, 4) is 11.5 Å². The van der Waals surface area contributed by atoms with Crippen molar-refractivity contribution < 1.29 is 23.7 Å². The molecule has 3 heterocycles. The number of rotatable bonds is 10. The molecule has 9 nitrogen and oxygen atoms in total. The first-order valence-electron chi connectivity index (χ1n) is 13.3. The van der Waals surface area contributed by atoms with Gasteiger partial charge in [-0.1, -0.05) is 48.2 Å². The fourth-order valence-corrected chi connectivity index (χ4v) is 6.24. The summed E-state index contributed by atoms with van der Waals surface area (Å²) in [4.78, 5) is 17.8. The van der Waals surface area contributed by atoms with Crippen molar-refractivity contribution in [1.29, 1.82) is 0 Å². The molecule has 0 aliphatic carbocycles. The van der Waals surface area contributed by atoms with Crippen LogP contribution in [-0.4, -0.2) is 74.0 Å². The number of H-pyrrole nitrogens is 1. The normalized spacial score (nSPS) is 18.3. The summed E-state index contributed by atoms with van der Waals surface area (Å²) < 4.78 is 22.3. The van der Waals surface area contributed by atoms with E-state index in [4.69, 9.17) is 23.9 Å². The van der Waals surface area contributed by atoms with Gasteiger partial charge in [-0.05, 0) is 48.9 Å². The zero-order valence-electron chi connectivity index (χ0n) is 22.5. The maximum atomic E-state index is 13.0. The number of aromatic nitrogens is 3. The second-order valence-corrected chi connectivity index (χ2v) is 11.0. The zero-order valence-corrected chi connectivity index (χ0v) is 23.4. The summed E-state index contributed by atoms with van der Waals surface area (Å²) in [7, 11) is 3.26. The molecule has 0 spiro atoms. The van der Waals surface area contributed by atoms with Gasteiger partial charge < -0.3 is 24.3 Å². The van der Waals surface area contributed by atoms with Gasteiger partial charge in [0.15, 0.2) is 11.5 Å². The molecule has 2 aliphatic rings. The van der Waals surface area contributed by atoms with Crippen LogP contribution in [0.4, 0.5) is 0 Å². The van der Waals surface area contributed by atoms with Gasteiger partial charge in [0.25, 0.3) is 0 Å². The van der Waals surface area contributed by atoms with Crippen LogP contribution in [0.5, 0.6) is 11.5 Å². The summed E-state index contributed by atoms with van der Waals surface area (Å²) in [6.07, 6.45) is 3.29. The Kier molecular flexibility index (Phi) is 8.74. The van der Waals surface area contributed by atoms with E-state index in [1.54, 1.807) is 14.2 Å². The third kappa shape index (κ3) is 5.92. The molecule has 0 atom stereocenters. The van der Waals surface area contributed by atoms with Gasteiger partial charge in [0.05, 0.1) is 25.4 Å². The second-order valence-electron chi connectivity index (χ2n) is 10.1. The molecule has 1 aromatic heterocycles. The number of hydrogen-bond donors (Lipinski definition) is 2. The lowest BCUT2D eigenvalue weighted by molar-refractivity contribution is -0.119. The zero-order chi connectivity index (χ0) is 27.1. The van der Waals surface area contributed by atoms with Gasteiger partial charge in [-0.15, -0.1) is 5.10 Å². The maximum Gasteiger partial charge on any atom is 0.230 e. The summed E-state index contributed by atoms with van der Waals surface area (Å²) in [5.41, 5.74) is 1.82. The Labute approximate surface area is 233 Å². The Morgan fingerprint density at radius 3 is 2.33 bits per heavy atom. The highest BCUT2D eigenvalue weighted by Gasteiger charge is 2.39. The van der Waals surface area contributed by atoms with Crippen LogP contribution in [-0.2, 0) is 25.1 Å². The van der Waals surface area contributed by atoms with Gasteiger partial charge in [0.1, 0.15) is 5.82 Å². The van der Waals surface area contributed by atoms with Crippen LogP contribution in [0, 0.1) is 0 Å². The molecule has 2 N–H and O–H groups in total. The van der Waals surface area contributed by atoms with Crippen molar-refractivity contribution in [3.63, 3.8) is 0 Å². The standard InChI is InChI=1S/C29H36N4O5S/c1-35-23-9-8-22(18-24(23)36-2)28(10-14-37-15-11-28)20-30-25(34)19-39-27-31-26(32-33-27)29(12-16-38-17-13-29)21-6-4-3-5-7-21/h3-9,18H,10-17,19-20H2,1-2H3,(H,30,34)(H,31,32,33). The minimum Gasteiger partial charge on any atom is -0.493 e. The lowest BCUT2D eigenvalue weighted by Gasteiger charge is -2.38. The quantitative estimate of drug-likeness (QED) is 0.365. The van der Waals surface area contributed by atoms with E-state index < -0.39 is 0 Å². The first kappa shape index (κ1) is 27.5. The van der Waals surface area contributed by atoms with Crippen molar-refractivity contribution in [2.24, 2.45) is 0 Å². The van der Waals surface area contributed by atoms with Crippen molar-refractivity contribution >= 4 is 17.7 Å². The van der Waals surface area contributed by atoms with Crippen molar-refractivity contribution in [1.82, 2.24) is 20.5 Å². The summed E-state index contributed by atoms with van der Waals surface area (Å²) >= 11 is 1.34. The van der Waals surface area contributed by atoms with E-state index in [0.717, 1.165) is 37.1 Å². The third-order valence-electron chi connectivity index (χ3n) is 7.99. The van der Waals surface area contributed by atoms with E-state index in [1.165, 1.54) is 17.3 Å². The van der Waals surface area contributed by atoms with Gasteiger partial charge >= 0.3 is 0 Å². The Bertz CT molecular complexity index is 1240. The fraction of sp³-hybridized carbons (Fsp3) is 0.483. The molecule has 0 bridgehead atoms. The third-order valence-corrected chi connectivity index (χ3v) is 8.84. The highest BCUT2D eigenvalue weighted by atomic mass is 32.2. The molecule has 5 rings (SSSR count). The summed E-state index contributed by atoms with van der Waals surface area (Å²) in [6, 6.07) is 16.4. The summed E-state index contributed by atoms with van der Waals surface area (Å²) in [5, 5.41) is 11.3. The van der Waals surface area contributed by atoms with Gasteiger partial charge in [0.2, 0.25) is 11.1 Å². The van der Waals surface area contributed by atoms with E-state index in [1.807, 2.05) is 18.2 Å². The molecule has 0 unspecified atom stereocenters. The minimum absolute atomic E-state index is 0.0541. The predicted molar refractivity (Wildman–Crippen MR) is 149 cm³/mol. The van der Waals surface area contributed by atoms with Crippen LogP contribution in [0.15, 0.2) is 53.7 Å². The molecule has 2 aromatic carbocycles. The smallest absolute Gasteiger partial charge is 0.230 e. The van der Waals surface area contributed by atoms with E-state index in [9.17, 15) is 4.79 Å². The number of nitrogens with one attached hydrogen (secondary N) is 2. The highest BCUT2D eigenvalue weighted by Crippen LogP contribution is 2.40. The number of benzene rings is 2. The number of hydrogen-bond acceptors (Lipinski definition) is 8. The lowest BCUT2D eigenvalue weighted by Crippen LogP contribution is -2.45. The van der Waals surface area contributed by atoms with Crippen LogP contribution in [0.2, 0.25) is 0 Å². The first-order chi connectivity index (χ1) is 19.1. The molecule has 0 saturated carbocycles. The molecule has 0 radical (unpaired) electrons. The number of carbonyl (C=O) groups excluding carboxylic acids is 1. The molecular weight excluding hydrogens is 516 g/mol. The molecule has 10 heteroatoms. The van der Waals surface area contributed by atoms with E-state index >= 15 is 0 Å². The van der Waals surface area contributed by atoms with Crippen LogP contribution >= 0.6 is 11.8 Å².